The van der Waals surface area contributed by atoms with Gasteiger partial charge in [0.25, 0.3) is 0 Å². The van der Waals surface area contributed by atoms with Crippen LogP contribution in [0, 0.1) is 0 Å². The van der Waals surface area contributed by atoms with Crippen LogP contribution in [-0.4, -0.2) is 64.5 Å². The van der Waals surface area contributed by atoms with Gasteiger partial charge in [-0.25, -0.2) is 4.79 Å². The van der Waals surface area contributed by atoms with E-state index in [2.05, 4.69) is 9.88 Å². The highest BCUT2D eigenvalue weighted by atomic mass is 16.6. The van der Waals surface area contributed by atoms with Crippen molar-refractivity contribution in [2.75, 3.05) is 26.2 Å². The SMILES string of the molecule is C[C@H]1CN(C(=O)OC(C)(C)C)CCN1CC(=O)c1ccccn1. The van der Waals surface area contributed by atoms with Crippen molar-refractivity contribution in [1.82, 2.24) is 14.8 Å². The number of piperazine rings is 1. The van der Waals surface area contributed by atoms with Crippen LogP contribution in [0.4, 0.5) is 4.79 Å². The van der Waals surface area contributed by atoms with Crippen LogP contribution in [0.15, 0.2) is 24.4 Å². The largest absolute Gasteiger partial charge is 0.444 e. The normalized spacial score (nSPS) is 19.5. The van der Waals surface area contributed by atoms with Gasteiger partial charge < -0.3 is 9.64 Å². The van der Waals surface area contributed by atoms with Gasteiger partial charge in [-0.2, -0.15) is 0 Å². The first-order chi connectivity index (χ1) is 10.8. The fraction of sp³-hybridized carbons (Fsp3) is 0.588. The Bertz CT molecular complexity index is 554. The van der Waals surface area contributed by atoms with Gasteiger partial charge in [-0.15, -0.1) is 0 Å². The molecular formula is C17H25N3O3. The number of aromatic nitrogens is 1. The van der Waals surface area contributed by atoms with E-state index >= 15 is 0 Å². The average Bonchev–Trinajstić information content (AvgIpc) is 2.48. The molecule has 0 saturated carbocycles. The smallest absolute Gasteiger partial charge is 0.410 e. The van der Waals surface area contributed by atoms with Gasteiger partial charge in [0.2, 0.25) is 0 Å². The molecule has 2 heterocycles. The van der Waals surface area contributed by atoms with Crippen LogP contribution >= 0.6 is 0 Å². The standard InChI is InChI=1S/C17H25N3O3/c1-13-11-20(16(22)23-17(2,3)4)10-9-19(13)12-15(21)14-7-5-6-8-18-14/h5-8,13H,9-12H2,1-4H3/t13-/m0/s1. The Labute approximate surface area is 137 Å². The van der Waals surface area contributed by atoms with Gasteiger partial charge >= 0.3 is 6.09 Å². The quantitative estimate of drug-likeness (QED) is 0.799. The molecule has 126 valence electrons. The Morgan fingerprint density at radius 2 is 2.04 bits per heavy atom. The number of ketones is 1. The number of ether oxygens (including phenoxy) is 1. The first kappa shape index (κ1) is 17.4. The molecule has 23 heavy (non-hydrogen) atoms. The summed E-state index contributed by atoms with van der Waals surface area (Å²) in [5.41, 5.74) is -0.0128. The maximum absolute atomic E-state index is 12.3. The van der Waals surface area contributed by atoms with Crippen molar-refractivity contribution >= 4 is 11.9 Å². The minimum atomic E-state index is -0.494. The zero-order valence-electron chi connectivity index (χ0n) is 14.3. The van der Waals surface area contributed by atoms with E-state index in [9.17, 15) is 9.59 Å². The molecule has 6 heteroatoms. The van der Waals surface area contributed by atoms with Gasteiger partial charge in [0.15, 0.2) is 5.78 Å². The van der Waals surface area contributed by atoms with Gasteiger partial charge in [-0.1, -0.05) is 6.07 Å². The Morgan fingerprint density at radius 3 is 2.61 bits per heavy atom. The van der Waals surface area contributed by atoms with Crippen LogP contribution in [0.3, 0.4) is 0 Å². The van der Waals surface area contributed by atoms with Crippen molar-refractivity contribution in [2.24, 2.45) is 0 Å². The molecule has 1 saturated heterocycles. The lowest BCUT2D eigenvalue weighted by molar-refractivity contribution is 0.00656. The first-order valence-electron chi connectivity index (χ1n) is 7.92. The average molecular weight is 319 g/mol. The third kappa shape index (κ3) is 5.03. The van der Waals surface area contributed by atoms with E-state index in [1.165, 1.54) is 0 Å². The number of carbonyl (C=O) groups excluding carboxylic acids is 2. The predicted molar refractivity (Wildman–Crippen MR) is 87.4 cm³/mol. The Morgan fingerprint density at radius 1 is 1.30 bits per heavy atom. The third-order valence-corrected chi connectivity index (χ3v) is 3.71. The minimum absolute atomic E-state index is 0.00293. The van der Waals surface area contributed by atoms with Gasteiger partial charge in [-0.05, 0) is 39.8 Å². The summed E-state index contributed by atoms with van der Waals surface area (Å²) in [5, 5.41) is 0. The molecule has 1 aliphatic heterocycles. The van der Waals surface area contributed by atoms with Crippen LogP contribution in [0.1, 0.15) is 38.2 Å². The lowest BCUT2D eigenvalue weighted by atomic mass is 10.1. The number of amides is 1. The van der Waals surface area contributed by atoms with Gasteiger partial charge in [0.1, 0.15) is 11.3 Å². The summed E-state index contributed by atoms with van der Waals surface area (Å²) in [6.45, 7) is 9.68. The molecule has 1 amide bonds. The van der Waals surface area contributed by atoms with Crippen molar-refractivity contribution in [3.8, 4) is 0 Å². The van der Waals surface area contributed by atoms with Crippen molar-refractivity contribution in [3.63, 3.8) is 0 Å². The summed E-state index contributed by atoms with van der Waals surface area (Å²) in [6, 6.07) is 5.43. The van der Waals surface area contributed by atoms with E-state index in [1.54, 1.807) is 23.2 Å². The molecular weight excluding hydrogens is 294 g/mol. The highest BCUT2D eigenvalue weighted by Gasteiger charge is 2.30. The fourth-order valence-electron chi connectivity index (χ4n) is 2.52. The summed E-state index contributed by atoms with van der Waals surface area (Å²) in [5.74, 6) is 0.00293. The molecule has 0 unspecified atom stereocenters. The lowest BCUT2D eigenvalue weighted by Gasteiger charge is -2.39. The van der Waals surface area contributed by atoms with Crippen LogP contribution < -0.4 is 0 Å². The maximum Gasteiger partial charge on any atom is 0.410 e. The van der Waals surface area contributed by atoms with Crippen molar-refractivity contribution < 1.29 is 14.3 Å². The zero-order chi connectivity index (χ0) is 17.0. The molecule has 1 aliphatic rings. The van der Waals surface area contributed by atoms with Gasteiger partial charge in [0.05, 0.1) is 6.54 Å². The van der Waals surface area contributed by atoms with Gasteiger partial charge in [0, 0.05) is 31.9 Å². The first-order valence-corrected chi connectivity index (χ1v) is 7.92. The van der Waals surface area contributed by atoms with E-state index in [4.69, 9.17) is 4.74 Å². The van der Waals surface area contributed by atoms with Crippen LogP contribution in [0.2, 0.25) is 0 Å². The van der Waals surface area contributed by atoms with Crippen LogP contribution in [0.5, 0.6) is 0 Å². The molecule has 6 nitrogen and oxygen atoms in total. The van der Waals surface area contributed by atoms with Crippen LogP contribution in [-0.2, 0) is 4.74 Å². The molecule has 1 aromatic heterocycles. The van der Waals surface area contributed by atoms with E-state index in [0.717, 1.165) is 0 Å². The monoisotopic (exact) mass is 319 g/mol. The molecule has 0 aromatic carbocycles. The van der Waals surface area contributed by atoms with Crippen LogP contribution in [0.25, 0.3) is 0 Å². The van der Waals surface area contributed by atoms with Crippen molar-refractivity contribution in [1.29, 1.82) is 0 Å². The Kier molecular flexibility index (Phi) is 5.36. The lowest BCUT2D eigenvalue weighted by Crippen LogP contribution is -2.55. The molecule has 0 radical (unpaired) electrons. The highest BCUT2D eigenvalue weighted by Crippen LogP contribution is 2.15. The van der Waals surface area contributed by atoms with Gasteiger partial charge in [-0.3, -0.25) is 14.7 Å². The summed E-state index contributed by atoms with van der Waals surface area (Å²) >= 11 is 0. The second-order valence-electron chi connectivity index (χ2n) is 6.88. The molecule has 0 N–H and O–H groups in total. The number of carbonyl (C=O) groups is 2. The second kappa shape index (κ2) is 7.08. The third-order valence-electron chi connectivity index (χ3n) is 3.71. The molecule has 1 atom stereocenters. The summed E-state index contributed by atoms with van der Waals surface area (Å²) in [4.78, 5) is 32.2. The Balaban J connectivity index is 1.89. The van der Waals surface area contributed by atoms with Crippen molar-refractivity contribution in [2.45, 2.75) is 39.3 Å². The molecule has 1 aromatic rings. The fourth-order valence-corrected chi connectivity index (χ4v) is 2.52. The van der Waals surface area contributed by atoms with E-state index in [0.29, 0.717) is 31.9 Å². The molecule has 2 rings (SSSR count). The summed E-state index contributed by atoms with van der Waals surface area (Å²) < 4.78 is 5.40. The van der Waals surface area contributed by atoms with E-state index < -0.39 is 5.60 Å². The summed E-state index contributed by atoms with van der Waals surface area (Å²) in [7, 11) is 0. The number of Topliss-reactive ketones (excluding diaryl/α,β-unsaturated/α-hetero) is 1. The zero-order valence-corrected chi connectivity index (χ0v) is 14.3. The summed E-state index contributed by atoms with van der Waals surface area (Å²) in [6.07, 6.45) is 1.33. The topological polar surface area (TPSA) is 62.7 Å². The molecule has 0 aliphatic carbocycles. The van der Waals surface area contributed by atoms with Crippen molar-refractivity contribution in [3.05, 3.63) is 30.1 Å². The van der Waals surface area contributed by atoms with E-state index in [1.807, 2.05) is 33.8 Å². The number of rotatable bonds is 3. The van der Waals surface area contributed by atoms with E-state index in [-0.39, 0.29) is 17.9 Å². The number of pyridine rings is 1. The second-order valence-corrected chi connectivity index (χ2v) is 6.88. The number of hydrogen-bond acceptors (Lipinski definition) is 5. The Hall–Kier alpha value is -1.95. The minimum Gasteiger partial charge on any atom is -0.444 e. The predicted octanol–water partition coefficient (Wildman–Crippen LogP) is 2.21. The maximum atomic E-state index is 12.3. The molecule has 0 spiro atoms. The number of hydrogen-bond donors (Lipinski definition) is 0. The molecule has 0 bridgehead atoms. The molecule has 1 fully saturated rings. The highest BCUT2D eigenvalue weighted by molar-refractivity contribution is 5.95. The number of nitrogens with zero attached hydrogens (tertiary/aromatic N) is 3.